The number of fused-ring (bicyclic) bond motifs is 2. The lowest BCUT2D eigenvalue weighted by Crippen LogP contribution is -2.44. The van der Waals surface area contributed by atoms with Crippen LogP contribution in [0.25, 0.3) is 22.0 Å². The molecule has 1 unspecified atom stereocenters. The van der Waals surface area contributed by atoms with Gasteiger partial charge in [0.25, 0.3) is 5.56 Å². The van der Waals surface area contributed by atoms with E-state index in [-0.39, 0.29) is 11.2 Å². The van der Waals surface area contributed by atoms with Gasteiger partial charge in [0.15, 0.2) is 0 Å². The minimum atomic E-state index is -0.209. The first-order valence-corrected chi connectivity index (χ1v) is 14.9. The molecule has 40 heavy (non-hydrogen) atoms. The van der Waals surface area contributed by atoms with Crippen molar-refractivity contribution in [2.45, 2.75) is 64.0 Å². The summed E-state index contributed by atoms with van der Waals surface area (Å²) >= 11 is 6.52. The van der Waals surface area contributed by atoms with Crippen LogP contribution in [0.3, 0.4) is 0 Å². The molecule has 210 valence electrons. The van der Waals surface area contributed by atoms with E-state index in [0.717, 1.165) is 80.7 Å². The van der Waals surface area contributed by atoms with Crippen molar-refractivity contribution >= 4 is 22.5 Å². The van der Waals surface area contributed by atoms with E-state index in [4.69, 9.17) is 16.3 Å². The molecule has 1 fully saturated rings. The summed E-state index contributed by atoms with van der Waals surface area (Å²) in [4.78, 5) is 33.1. The molecule has 7 nitrogen and oxygen atoms in total. The molecule has 2 aliphatic heterocycles. The van der Waals surface area contributed by atoms with Crippen molar-refractivity contribution in [1.29, 1.82) is 0 Å². The summed E-state index contributed by atoms with van der Waals surface area (Å²) in [5.74, 6) is 1.35. The Morgan fingerprint density at radius 3 is 2.73 bits per heavy atom. The summed E-state index contributed by atoms with van der Waals surface area (Å²) < 4.78 is 8.73. The number of unbranched alkanes of at least 4 members (excludes halogenated alkanes) is 1. The number of rotatable bonds is 8. The minimum absolute atomic E-state index is 0.177. The second-order valence-corrected chi connectivity index (χ2v) is 11.6. The molecule has 4 aromatic rings. The maximum absolute atomic E-state index is 13.7. The Kier molecular flexibility index (Phi) is 7.85. The lowest BCUT2D eigenvalue weighted by atomic mass is 9.90. The normalized spacial score (nSPS) is 17.7. The molecule has 0 amide bonds. The number of likely N-dealkylation sites (tertiary alicyclic amines) is 1. The average Bonchev–Trinajstić information content (AvgIpc) is 3.41. The zero-order valence-electron chi connectivity index (χ0n) is 23.1. The molecular weight excluding hydrogens is 524 g/mol. The van der Waals surface area contributed by atoms with Gasteiger partial charge >= 0.3 is 5.69 Å². The first-order valence-electron chi connectivity index (χ1n) is 14.5. The fourth-order valence-corrected chi connectivity index (χ4v) is 6.86. The van der Waals surface area contributed by atoms with Crippen LogP contribution in [-0.4, -0.2) is 45.8 Å². The SMILES string of the molecule is COc1ccc2[nH]cc(C3CCCN(CCCCn4c(=O)c(-c5ccccc5Cl)c5n(c4=O)CCCC5)C3)c2c1. The minimum Gasteiger partial charge on any atom is -0.497 e. The molecule has 0 saturated carbocycles. The predicted octanol–water partition coefficient (Wildman–Crippen LogP) is 5.82. The second kappa shape index (κ2) is 11.7. The molecule has 8 heteroatoms. The molecule has 0 radical (unpaired) electrons. The highest BCUT2D eigenvalue weighted by Gasteiger charge is 2.25. The van der Waals surface area contributed by atoms with Crippen molar-refractivity contribution in [3.05, 3.63) is 85.8 Å². The highest BCUT2D eigenvalue weighted by atomic mass is 35.5. The van der Waals surface area contributed by atoms with Gasteiger partial charge in [0, 0.05) is 53.0 Å². The Morgan fingerprint density at radius 1 is 1.02 bits per heavy atom. The van der Waals surface area contributed by atoms with Crippen LogP contribution in [0.5, 0.6) is 5.75 Å². The molecular formula is C32H37ClN4O3. The zero-order valence-corrected chi connectivity index (χ0v) is 23.9. The van der Waals surface area contributed by atoms with Gasteiger partial charge in [0.2, 0.25) is 0 Å². The Bertz CT molecular complexity index is 1640. The van der Waals surface area contributed by atoms with Gasteiger partial charge in [-0.2, -0.15) is 0 Å². The lowest BCUT2D eigenvalue weighted by molar-refractivity contribution is 0.204. The van der Waals surface area contributed by atoms with Gasteiger partial charge in [-0.15, -0.1) is 0 Å². The van der Waals surface area contributed by atoms with Gasteiger partial charge in [-0.3, -0.25) is 13.9 Å². The molecule has 4 heterocycles. The van der Waals surface area contributed by atoms with Crippen LogP contribution >= 0.6 is 11.6 Å². The van der Waals surface area contributed by atoms with E-state index in [2.05, 4.69) is 28.2 Å². The third kappa shape index (κ3) is 5.13. The van der Waals surface area contributed by atoms with Crippen molar-refractivity contribution < 1.29 is 4.74 Å². The van der Waals surface area contributed by atoms with E-state index in [1.54, 1.807) is 7.11 Å². The first-order chi connectivity index (χ1) is 19.5. The zero-order chi connectivity index (χ0) is 27.6. The van der Waals surface area contributed by atoms with E-state index in [0.29, 0.717) is 29.6 Å². The fourth-order valence-electron chi connectivity index (χ4n) is 6.63. The van der Waals surface area contributed by atoms with Crippen LogP contribution in [0.2, 0.25) is 5.02 Å². The number of nitrogens with zero attached hydrogens (tertiary/aromatic N) is 3. The quantitative estimate of drug-likeness (QED) is 0.276. The van der Waals surface area contributed by atoms with Crippen molar-refractivity contribution in [3.8, 4) is 16.9 Å². The van der Waals surface area contributed by atoms with Crippen LogP contribution in [0.15, 0.2) is 58.3 Å². The van der Waals surface area contributed by atoms with Crippen molar-refractivity contribution in [3.63, 3.8) is 0 Å². The molecule has 1 N–H and O–H groups in total. The molecule has 2 aliphatic rings. The standard InChI is InChI=1S/C32H37ClN4O3/c1-40-23-13-14-28-25(19-23)26(20-34-28)22-9-8-16-35(21-22)15-6-7-18-37-31(38)30(24-10-2-3-11-27(24)33)29-12-4-5-17-36(29)32(37)39/h2-3,10-11,13-14,19-20,22,34H,4-9,12,15-18,21H2,1H3. The fraction of sp³-hybridized carbons (Fsp3) is 0.438. The second-order valence-electron chi connectivity index (χ2n) is 11.2. The third-order valence-corrected chi connectivity index (χ3v) is 9.03. The maximum atomic E-state index is 13.7. The van der Waals surface area contributed by atoms with E-state index in [9.17, 15) is 9.59 Å². The Morgan fingerprint density at radius 2 is 1.88 bits per heavy atom. The van der Waals surface area contributed by atoms with E-state index < -0.39 is 0 Å². The smallest absolute Gasteiger partial charge is 0.331 e. The van der Waals surface area contributed by atoms with Gasteiger partial charge in [0.1, 0.15) is 5.75 Å². The molecule has 0 aliphatic carbocycles. The molecule has 2 aromatic carbocycles. The maximum Gasteiger partial charge on any atom is 0.331 e. The van der Waals surface area contributed by atoms with Crippen LogP contribution in [0, 0.1) is 0 Å². The van der Waals surface area contributed by atoms with Gasteiger partial charge in [-0.05, 0) is 93.8 Å². The number of benzene rings is 2. The van der Waals surface area contributed by atoms with Crippen LogP contribution in [0.1, 0.15) is 55.7 Å². The number of methoxy groups -OCH3 is 1. The van der Waals surface area contributed by atoms with Crippen LogP contribution in [0.4, 0.5) is 0 Å². The highest BCUT2D eigenvalue weighted by molar-refractivity contribution is 6.33. The highest BCUT2D eigenvalue weighted by Crippen LogP contribution is 2.34. The number of hydrogen-bond acceptors (Lipinski definition) is 4. The lowest BCUT2D eigenvalue weighted by Gasteiger charge is -2.32. The number of H-pyrrole nitrogens is 1. The summed E-state index contributed by atoms with van der Waals surface area (Å²) in [5, 5.41) is 1.79. The summed E-state index contributed by atoms with van der Waals surface area (Å²) in [6.07, 6.45) is 8.86. The van der Waals surface area contributed by atoms with E-state index >= 15 is 0 Å². The first kappa shape index (κ1) is 26.9. The monoisotopic (exact) mass is 560 g/mol. The largest absolute Gasteiger partial charge is 0.497 e. The number of piperidine rings is 1. The molecule has 0 bridgehead atoms. The number of aromatic nitrogens is 3. The number of ether oxygens (including phenoxy) is 1. The Labute approximate surface area is 239 Å². The van der Waals surface area contributed by atoms with Gasteiger partial charge < -0.3 is 14.6 Å². The third-order valence-electron chi connectivity index (χ3n) is 8.70. The number of nitrogens with one attached hydrogen (secondary N) is 1. The molecule has 2 aromatic heterocycles. The summed E-state index contributed by atoms with van der Waals surface area (Å²) in [5.41, 5.74) is 4.27. The molecule has 1 saturated heterocycles. The number of halogens is 1. The Balaban J connectivity index is 1.15. The van der Waals surface area contributed by atoms with Crippen molar-refractivity contribution in [2.24, 2.45) is 0 Å². The van der Waals surface area contributed by atoms with Crippen molar-refractivity contribution in [2.75, 3.05) is 26.7 Å². The van der Waals surface area contributed by atoms with Crippen LogP contribution < -0.4 is 16.0 Å². The van der Waals surface area contributed by atoms with E-state index in [1.165, 1.54) is 21.9 Å². The average molecular weight is 561 g/mol. The predicted molar refractivity (Wildman–Crippen MR) is 161 cm³/mol. The van der Waals surface area contributed by atoms with E-state index in [1.807, 2.05) is 34.9 Å². The molecule has 6 rings (SSSR count). The van der Waals surface area contributed by atoms with Crippen LogP contribution in [-0.2, 0) is 19.5 Å². The number of hydrogen-bond donors (Lipinski definition) is 1. The summed E-state index contributed by atoms with van der Waals surface area (Å²) in [6, 6.07) is 13.7. The molecule has 1 atom stereocenters. The molecule has 0 spiro atoms. The summed E-state index contributed by atoms with van der Waals surface area (Å²) in [7, 11) is 1.71. The van der Waals surface area contributed by atoms with Gasteiger partial charge in [-0.25, -0.2) is 4.79 Å². The van der Waals surface area contributed by atoms with Gasteiger partial charge in [0.05, 0.1) is 12.7 Å². The van der Waals surface area contributed by atoms with Gasteiger partial charge in [-0.1, -0.05) is 29.8 Å². The summed E-state index contributed by atoms with van der Waals surface area (Å²) in [6.45, 7) is 4.14. The van der Waals surface area contributed by atoms with Crippen molar-refractivity contribution in [1.82, 2.24) is 19.0 Å². The Hall–Kier alpha value is -3.29. The number of aromatic amines is 1. The topological polar surface area (TPSA) is 72.3 Å².